The van der Waals surface area contributed by atoms with Crippen LogP contribution in [0.15, 0.2) is 29.2 Å². The van der Waals surface area contributed by atoms with Crippen molar-refractivity contribution in [3.8, 4) is 11.8 Å². The molecule has 0 saturated heterocycles. The van der Waals surface area contributed by atoms with Gasteiger partial charge < -0.3 is 5.73 Å². The number of unbranched alkanes of at least 4 members (excludes halogenated alkanes) is 2. The van der Waals surface area contributed by atoms with Crippen LogP contribution in [0.5, 0.6) is 0 Å². The van der Waals surface area contributed by atoms with Crippen molar-refractivity contribution >= 4 is 10.0 Å². The van der Waals surface area contributed by atoms with Gasteiger partial charge >= 0.3 is 0 Å². The van der Waals surface area contributed by atoms with Crippen molar-refractivity contribution < 1.29 is 8.42 Å². The van der Waals surface area contributed by atoms with Crippen LogP contribution < -0.4 is 5.73 Å². The summed E-state index contributed by atoms with van der Waals surface area (Å²) < 4.78 is 26.5. The van der Waals surface area contributed by atoms with E-state index in [0.717, 1.165) is 19.3 Å². The van der Waals surface area contributed by atoms with E-state index in [2.05, 4.69) is 18.8 Å². The zero-order chi connectivity index (χ0) is 15.0. The molecule has 110 valence electrons. The number of hydrogen-bond acceptors (Lipinski definition) is 3. The Hall–Kier alpha value is -1.35. The van der Waals surface area contributed by atoms with E-state index >= 15 is 0 Å². The van der Waals surface area contributed by atoms with Crippen molar-refractivity contribution in [2.24, 2.45) is 5.73 Å². The van der Waals surface area contributed by atoms with Crippen molar-refractivity contribution in [2.45, 2.75) is 31.1 Å². The van der Waals surface area contributed by atoms with Crippen LogP contribution in [0, 0.1) is 11.8 Å². The average Bonchev–Trinajstić information content (AvgIpc) is 2.45. The molecule has 1 aromatic rings. The lowest BCUT2D eigenvalue weighted by molar-refractivity contribution is 0.454. The highest BCUT2D eigenvalue weighted by atomic mass is 32.2. The molecular weight excluding hydrogens is 272 g/mol. The lowest BCUT2D eigenvalue weighted by Gasteiger charge is -2.17. The van der Waals surface area contributed by atoms with Crippen molar-refractivity contribution in [1.82, 2.24) is 4.31 Å². The quantitative estimate of drug-likeness (QED) is 0.643. The predicted octanol–water partition coefficient (Wildman–Crippen LogP) is 1.81. The number of sulfonamides is 1. The molecule has 20 heavy (non-hydrogen) atoms. The molecule has 0 bridgehead atoms. The number of hydrogen-bond donors (Lipinski definition) is 1. The van der Waals surface area contributed by atoms with Gasteiger partial charge in [-0.25, -0.2) is 12.7 Å². The van der Waals surface area contributed by atoms with Crippen LogP contribution in [-0.4, -0.2) is 32.9 Å². The zero-order valence-electron chi connectivity index (χ0n) is 12.1. The number of benzene rings is 1. The molecule has 0 fully saturated rings. The Labute approximate surface area is 122 Å². The van der Waals surface area contributed by atoms with E-state index in [1.165, 1.54) is 4.31 Å². The first kappa shape index (κ1) is 16.7. The molecular formula is C15H22N2O2S. The van der Waals surface area contributed by atoms with E-state index in [0.29, 0.717) is 12.1 Å². The van der Waals surface area contributed by atoms with Crippen LogP contribution in [0.2, 0.25) is 0 Å². The molecule has 0 heterocycles. The van der Waals surface area contributed by atoms with Crippen LogP contribution in [-0.2, 0) is 10.0 Å². The summed E-state index contributed by atoms with van der Waals surface area (Å²) >= 11 is 0. The van der Waals surface area contributed by atoms with E-state index in [-0.39, 0.29) is 11.4 Å². The minimum atomic E-state index is -3.49. The third kappa shape index (κ3) is 4.34. The van der Waals surface area contributed by atoms with E-state index in [9.17, 15) is 8.42 Å². The van der Waals surface area contributed by atoms with E-state index in [4.69, 9.17) is 5.73 Å². The fraction of sp³-hybridized carbons (Fsp3) is 0.467. The first-order valence-corrected chi connectivity index (χ1v) is 8.22. The third-order valence-corrected chi connectivity index (χ3v) is 4.89. The van der Waals surface area contributed by atoms with Crippen LogP contribution in [0.4, 0.5) is 0 Å². The molecule has 1 rings (SSSR count). The van der Waals surface area contributed by atoms with Crippen molar-refractivity contribution in [3.63, 3.8) is 0 Å². The monoisotopic (exact) mass is 294 g/mol. The standard InChI is InChI=1S/C15H22N2O2S/c1-3-4-7-13-17(2)20(18,19)15-11-6-5-9-14(15)10-8-12-16/h5-6,9,11H,3-4,7,12-13,16H2,1-2H3. The van der Waals surface area contributed by atoms with Gasteiger partial charge in [-0.1, -0.05) is 43.7 Å². The van der Waals surface area contributed by atoms with Gasteiger partial charge in [-0.2, -0.15) is 0 Å². The molecule has 0 amide bonds. The summed E-state index contributed by atoms with van der Waals surface area (Å²) in [5.74, 6) is 5.52. The van der Waals surface area contributed by atoms with Crippen LogP contribution in [0.3, 0.4) is 0 Å². The predicted molar refractivity (Wildman–Crippen MR) is 81.7 cm³/mol. The maximum atomic E-state index is 12.5. The summed E-state index contributed by atoms with van der Waals surface area (Å²) in [7, 11) is -1.88. The molecule has 0 aliphatic carbocycles. The molecule has 0 spiro atoms. The molecule has 2 N–H and O–H groups in total. The molecule has 0 aliphatic heterocycles. The topological polar surface area (TPSA) is 63.4 Å². The normalized spacial score (nSPS) is 11.2. The van der Waals surface area contributed by atoms with E-state index < -0.39 is 10.0 Å². The fourth-order valence-electron chi connectivity index (χ4n) is 1.81. The molecule has 0 unspecified atom stereocenters. The van der Waals surface area contributed by atoms with Gasteiger partial charge in [-0.05, 0) is 18.6 Å². The molecule has 0 atom stereocenters. The minimum absolute atomic E-state index is 0.209. The minimum Gasteiger partial charge on any atom is -0.320 e. The van der Waals surface area contributed by atoms with Gasteiger partial charge in [-0.3, -0.25) is 0 Å². The summed E-state index contributed by atoms with van der Waals surface area (Å²) in [4.78, 5) is 0.250. The van der Waals surface area contributed by atoms with Gasteiger partial charge in [0.2, 0.25) is 10.0 Å². The van der Waals surface area contributed by atoms with Crippen LogP contribution in [0.1, 0.15) is 31.7 Å². The molecule has 1 aromatic carbocycles. The first-order valence-electron chi connectivity index (χ1n) is 6.78. The number of nitrogens with two attached hydrogens (primary N) is 1. The van der Waals surface area contributed by atoms with Gasteiger partial charge in [0.15, 0.2) is 0 Å². The van der Waals surface area contributed by atoms with Gasteiger partial charge in [0.25, 0.3) is 0 Å². The molecule has 4 nitrogen and oxygen atoms in total. The highest BCUT2D eigenvalue weighted by Crippen LogP contribution is 2.19. The van der Waals surface area contributed by atoms with Gasteiger partial charge in [0, 0.05) is 19.2 Å². The van der Waals surface area contributed by atoms with E-state index in [1.807, 2.05) is 0 Å². The Morgan fingerprint density at radius 1 is 1.25 bits per heavy atom. The second-order valence-electron chi connectivity index (χ2n) is 4.54. The van der Waals surface area contributed by atoms with Crippen LogP contribution >= 0.6 is 0 Å². The van der Waals surface area contributed by atoms with Gasteiger partial charge in [0.1, 0.15) is 0 Å². The maximum Gasteiger partial charge on any atom is 0.244 e. The summed E-state index contributed by atoms with van der Waals surface area (Å²) in [6.45, 7) is 2.82. The Morgan fingerprint density at radius 2 is 1.95 bits per heavy atom. The number of nitrogens with zero attached hydrogens (tertiary/aromatic N) is 1. The van der Waals surface area contributed by atoms with Crippen LogP contribution in [0.25, 0.3) is 0 Å². The highest BCUT2D eigenvalue weighted by molar-refractivity contribution is 7.89. The van der Waals surface area contributed by atoms with Gasteiger partial charge in [-0.15, -0.1) is 0 Å². The van der Waals surface area contributed by atoms with E-state index in [1.54, 1.807) is 31.3 Å². The molecule has 5 heteroatoms. The molecule has 0 aliphatic rings. The molecule has 0 radical (unpaired) electrons. The molecule has 0 aromatic heterocycles. The lowest BCUT2D eigenvalue weighted by Crippen LogP contribution is -2.28. The largest absolute Gasteiger partial charge is 0.320 e. The second kappa shape index (κ2) is 8.05. The second-order valence-corrected chi connectivity index (χ2v) is 6.55. The Kier molecular flexibility index (Phi) is 6.73. The fourth-order valence-corrected chi connectivity index (χ4v) is 3.17. The SMILES string of the molecule is CCCCCN(C)S(=O)(=O)c1ccccc1C#CCN. The summed E-state index contributed by atoms with van der Waals surface area (Å²) in [6, 6.07) is 6.78. The number of rotatable bonds is 6. The Morgan fingerprint density at radius 3 is 2.60 bits per heavy atom. The summed E-state index contributed by atoms with van der Waals surface area (Å²) in [5.41, 5.74) is 5.84. The summed E-state index contributed by atoms with van der Waals surface area (Å²) in [5, 5.41) is 0. The zero-order valence-corrected chi connectivity index (χ0v) is 12.9. The maximum absolute atomic E-state index is 12.5. The van der Waals surface area contributed by atoms with Crippen molar-refractivity contribution in [1.29, 1.82) is 0 Å². The lowest BCUT2D eigenvalue weighted by atomic mass is 10.2. The molecule has 0 saturated carbocycles. The Balaban J connectivity index is 3.03. The summed E-state index contributed by atoms with van der Waals surface area (Å²) in [6.07, 6.45) is 2.95. The highest BCUT2D eigenvalue weighted by Gasteiger charge is 2.22. The average molecular weight is 294 g/mol. The van der Waals surface area contributed by atoms with Crippen molar-refractivity contribution in [2.75, 3.05) is 20.1 Å². The third-order valence-electron chi connectivity index (χ3n) is 2.98. The Bertz CT molecular complexity index is 585. The van der Waals surface area contributed by atoms with Crippen molar-refractivity contribution in [3.05, 3.63) is 29.8 Å². The smallest absolute Gasteiger partial charge is 0.244 e. The van der Waals surface area contributed by atoms with Gasteiger partial charge in [0.05, 0.1) is 11.4 Å². The first-order chi connectivity index (χ1) is 9.54.